The maximum Gasteiger partial charge on any atom is 0.408 e. The van der Waals surface area contributed by atoms with E-state index in [-0.39, 0.29) is 18.9 Å². The van der Waals surface area contributed by atoms with Gasteiger partial charge in [-0.3, -0.25) is 14.2 Å². The van der Waals surface area contributed by atoms with E-state index >= 15 is 0 Å². The standard InChI is InChI=1S/C38H43N2O8P/c1-27(2)23-35(40-38(43)47-25-29-13-9-6-10-14-29)37(42)39-34(24-28-11-7-5-8-12-28)36(41)26-48-49(44,32-19-15-30(45-3)16-20-32)33-21-17-31(46-4)18-22-33/h5-22,27,34-35H,23-26H2,1-4H3,(H,39,42)(H,40,43)/t34-,35-/m0/s1. The molecule has 0 aliphatic heterocycles. The molecule has 0 aromatic heterocycles. The Hall–Kier alpha value is -4.92. The highest BCUT2D eigenvalue weighted by molar-refractivity contribution is 7.74. The number of hydrogen-bond donors (Lipinski definition) is 2. The summed E-state index contributed by atoms with van der Waals surface area (Å²) in [6.07, 6.45) is -0.297. The number of amides is 2. The molecular weight excluding hydrogens is 643 g/mol. The summed E-state index contributed by atoms with van der Waals surface area (Å²) in [5.41, 5.74) is 1.60. The summed E-state index contributed by atoms with van der Waals surface area (Å²) in [6.45, 7) is 3.33. The smallest absolute Gasteiger partial charge is 0.408 e. The number of ether oxygens (including phenoxy) is 3. The Morgan fingerprint density at radius 1 is 0.673 bits per heavy atom. The van der Waals surface area contributed by atoms with Crippen LogP contribution in [0.4, 0.5) is 4.79 Å². The second-order valence-electron chi connectivity index (χ2n) is 11.8. The second-order valence-corrected chi connectivity index (χ2v) is 14.2. The lowest BCUT2D eigenvalue weighted by Gasteiger charge is -2.25. The maximum atomic E-state index is 14.6. The van der Waals surface area contributed by atoms with E-state index in [1.807, 2.05) is 74.5 Å². The third-order valence-corrected chi connectivity index (χ3v) is 10.2. The van der Waals surface area contributed by atoms with Gasteiger partial charge in [0.15, 0.2) is 5.78 Å². The summed E-state index contributed by atoms with van der Waals surface area (Å²) in [5, 5.41) is 6.23. The van der Waals surface area contributed by atoms with Crippen molar-refractivity contribution in [2.45, 2.75) is 45.4 Å². The first-order chi connectivity index (χ1) is 23.6. The van der Waals surface area contributed by atoms with Gasteiger partial charge in [-0.25, -0.2) is 4.79 Å². The Bertz CT molecular complexity index is 1650. The molecule has 2 atom stereocenters. The van der Waals surface area contributed by atoms with Gasteiger partial charge in [0.25, 0.3) is 7.37 Å². The lowest BCUT2D eigenvalue weighted by Crippen LogP contribution is -2.53. The molecule has 0 aliphatic rings. The molecule has 2 N–H and O–H groups in total. The van der Waals surface area contributed by atoms with Crippen LogP contribution in [0.2, 0.25) is 0 Å². The monoisotopic (exact) mass is 686 g/mol. The molecular formula is C38H43N2O8P. The number of hydrogen-bond acceptors (Lipinski definition) is 8. The van der Waals surface area contributed by atoms with E-state index in [9.17, 15) is 18.9 Å². The Balaban J connectivity index is 1.54. The molecule has 4 aromatic rings. The Morgan fingerprint density at radius 2 is 1.18 bits per heavy atom. The summed E-state index contributed by atoms with van der Waals surface area (Å²) >= 11 is 0. The van der Waals surface area contributed by atoms with E-state index in [4.69, 9.17) is 18.7 Å². The molecule has 0 spiro atoms. The molecule has 0 saturated carbocycles. The fourth-order valence-corrected chi connectivity index (χ4v) is 7.08. The van der Waals surface area contributed by atoms with E-state index in [2.05, 4.69) is 10.6 Å². The number of carbonyl (C=O) groups excluding carboxylic acids is 3. The minimum Gasteiger partial charge on any atom is -0.497 e. The van der Waals surface area contributed by atoms with Gasteiger partial charge in [0.2, 0.25) is 5.91 Å². The number of carbonyl (C=O) groups is 3. The predicted octanol–water partition coefficient (Wildman–Crippen LogP) is 5.59. The van der Waals surface area contributed by atoms with Gasteiger partial charge in [-0.05, 0) is 78.4 Å². The van der Waals surface area contributed by atoms with Gasteiger partial charge in [-0.1, -0.05) is 74.5 Å². The van der Waals surface area contributed by atoms with Gasteiger partial charge in [0, 0.05) is 10.6 Å². The topological polar surface area (TPSA) is 129 Å². The van der Waals surface area contributed by atoms with E-state index in [0.29, 0.717) is 28.5 Å². The number of Topliss-reactive ketones (excluding diaryl/α,β-unsaturated/α-hetero) is 1. The number of ketones is 1. The first-order valence-corrected chi connectivity index (χ1v) is 17.6. The molecule has 10 nitrogen and oxygen atoms in total. The van der Waals surface area contributed by atoms with Crippen LogP contribution >= 0.6 is 7.37 Å². The van der Waals surface area contributed by atoms with Gasteiger partial charge in [-0.15, -0.1) is 0 Å². The fraction of sp³-hybridized carbons (Fsp3) is 0.289. The fourth-order valence-electron chi connectivity index (χ4n) is 5.09. The quantitative estimate of drug-likeness (QED) is 0.138. The van der Waals surface area contributed by atoms with Crippen molar-refractivity contribution < 1.29 is 37.7 Å². The summed E-state index contributed by atoms with van der Waals surface area (Å²) < 4.78 is 36.6. The van der Waals surface area contributed by atoms with Crippen molar-refractivity contribution in [3.8, 4) is 11.5 Å². The predicted molar refractivity (Wildman–Crippen MR) is 189 cm³/mol. The molecule has 258 valence electrons. The number of methoxy groups -OCH3 is 2. The van der Waals surface area contributed by atoms with Gasteiger partial charge in [0.1, 0.15) is 30.8 Å². The Morgan fingerprint density at radius 3 is 1.67 bits per heavy atom. The number of rotatable bonds is 17. The molecule has 0 saturated heterocycles. The zero-order valence-electron chi connectivity index (χ0n) is 28.2. The lowest BCUT2D eigenvalue weighted by atomic mass is 10.00. The lowest BCUT2D eigenvalue weighted by molar-refractivity contribution is -0.130. The molecule has 0 radical (unpaired) electrons. The van der Waals surface area contributed by atoms with Crippen LogP contribution in [0.25, 0.3) is 0 Å². The van der Waals surface area contributed by atoms with E-state index < -0.39 is 43.8 Å². The molecule has 0 heterocycles. The van der Waals surface area contributed by atoms with Gasteiger partial charge >= 0.3 is 6.09 Å². The highest BCUT2D eigenvalue weighted by atomic mass is 31.2. The molecule has 0 aliphatic carbocycles. The van der Waals surface area contributed by atoms with Crippen molar-refractivity contribution in [3.63, 3.8) is 0 Å². The molecule has 49 heavy (non-hydrogen) atoms. The van der Waals surface area contributed by atoms with Gasteiger partial charge in [0.05, 0.1) is 20.3 Å². The average Bonchev–Trinajstić information content (AvgIpc) is 3.13. The van der Waals surface area contributed by atoms with E-state index in [0.717, 1.165) is 11.1 Å². The van der Waals surface area contributed by atoms with Crippen LogP contribution in [0.15, 0.2) is 109 Å². The van der Waals surface area contributed by atoms with Crippen molar-refractivity contribution >= 4 is 35.8 Å². The van der Waals surface area contributed by atoms with Crippen LogP contribution in [0.1, 0.15) is 31.4 Å². The minimum absolute atomic E-state index is 0.0386. The molecule has 0 fully saturated rings. The van der Waals surface area contributed by atoms with E-state index in [1.54, 1.807) is 48.5 Å². The number of benzene rings is 4. The summed E-state index contributed by atoms with van der Waals surface area (Å²) in [7, 11) is -0.741. The molecule has 4 rings (SSSR count). The van der Waals surface area contributed by atoms with Crippen molar-refractivity contribution in [2.75, 3.05) is 20.8 Å². The first kappa shape index (κ1) is 36.9. The van der Waals surface area contributed by atoms with Crippen molar-refractivity contribution in [1.82, 2.24) is 10.6 Å². The van der Waals surface area contributed by atoms with Crippen LogP contribution in [0.5, 0.6) is 11.5 Å². The first-order valence-electron chi connectivity index (χ1n) is 16.0. The third kappa shape index (κ3) is 10.8. The Labute approximate surface area is 287 Å². The number of alkyl carbamates (subject to hydrolysis) is 1. The zero-order chi connectivity index (χ0) is 35.2. The second kappa shape index (κ2) is 18.0. The highest BCUT2D eigenvalue weighted by Gasteiger charge is 2.33. The van der Waals surface area contributed by atoms with Crippen molar-refractivity contribution in [1.29, 1.82) is 0 Å². The normalized spacial score (nSPS) is 12.4. The largest absolute Gasteiger partial charge is 0.497 e. The summed E-state index contributed by atoms with van der Waals surface area (Å²) in [4.78, 5) is 40.4. The summed E-state index contributed by atoms with van der Waals surface area (Å²) in [6, 6.07) is 29.6. The molecule has 2 amide bonds. The number of nitrogens with one attached hydrogen (secondary N) is 2. The van der Waals surface area contributed by atoms with Crippen LogP contribution in [-0.2, 0) is 36.4 Å². The molecule has 0 bridgehead atoms. The third-order valence-electron chi connectivity index (χ3n) is 7.73. The van der Waals surface area contributed by atoms with Gasteiger partial charge in [-0.2, -0.15) is 0 Å². The molecule has 0 unspecified atom stereocenters. The molecule has 11 heteroatoms. The maximum absolute atomic E-state index is 14.6. The summed E-state index contributed by atoms with van der Waals surface area (Å²) in [5.74, 6) is 0.139. The van der Waals surface area contributed by atoms with Crippen molar-refractivity contribution in [3.05, 3.63) is 120 Å². The SMILES string of the molecule is COc1ccc(P(=O)(OCC(=O)[C@H](Cc2ccccc2)NC(=O)[C@H](CC(C)C)NC(=O)OCc2ccccc2)c2ccc(OC)cc2)cc1. The van der Waals surface area contributed by atoms with Gasteiger partial charge < -0.3 is 29.4 Å². The van der Waals surface area contributed by atoms with Crippen LogP contribution in [-0.4, -0.2) is 50.7 Å². The van der Waals surface area contributed by atoms with Crippen LogP contribution in [0.3, 0.4) is 0 Å². The minimum atomic E-state index is -3.80. The highest BCUT2D eigenvalue weighted by Crippen LogP contribution is 2.45. The Kier molecular flexibility index (Phi) is 13.6. The van der Waals surface area contributed by atoms with Crippen LogP contribution in [0, 0.1) is 5.92 Å². The zero-order valence-corrected chi connectivity index (χ0v) is 29.1. The van der Waals surface area contributed by atoms with Crippen molar-refractivity contribution in [2.24, 2.45) is 5.92 Å². The average molecular weight is 687 g/mol. The van der Waals surface area contributed by atoms with Crippen LogP contribution < -0.4 is 30.7 Å². The van der Waals surface area contributed by atoms with E-state index in [1.165, 1.54) is 14.2 Å². The molecule has 4 aromatic carbocycles.